The Morgan fingerprint density at radius 2 is 1.33 bits per heavy atom. The van der Waals surface area contributed by atoms with E-state index in [-0.39, 0.29) is 34.3 Å². The molecule has 0 spiro atoms. The Balaban J connectivity index is -0.00000000667. The first-order chi connectivity index (χ1) is 1.41. The van der Waals surface area contributed by atoms with E-state index in [2.05, 4.69) is 0 Å². The molecular weight excluding hydrogens is 152 g/mol. The van der Waals surface area contributed by atoms with Gasteiger partial charge in [0.05, 0.1) is 0 Å². The summed E-state index contributed by atoms with van der Waals surface area (Å²) < 4.78 is 8.46. The summed E-state index contributed by atoms with van der Waals surface area (Å²) in [6, 6.07) is 0. The van der Waals surface area contributed by atoms with Crippen molar-refractivity contribution in [3.05, 3.63) is 14.9 Å². The molecule has 0 aliphatic rings. The summed E-state index contributed by atoms with van der Waals surface area (Å²) in [7, 11) is -0.833. The van der Waals surface area contributed by atoms with Crippen LogP contribution in [0.4, 0.5) is 0 Å². The third kappa shape index (κ3) is 136. The molecule has 1 N–H and O–H groups in total. The number of hydrogen-bond donors (Lipinski definition) is 1. The van der Waals surface area contributed by atoms with E-state index in [1.807, 2.05) is 0 Å². The molecule has 0 heterocycles. The van der Waals surface area contributed by atoms with Gasteiger partial charge < -0.3 is 19.7 Å². The van der Waals surface area contributed by atoms with Crippen molar-refractivity contribution in [1.29, 1.82) is 0 Å². The molecule has 0 radical (unpaired) electrons. The Labute approximate surface area is 53.0 Å². The van der Waals surface area contributed by atoms with Crippen LogP contribution in [0.3, 0.4) is 0 Å². The van der Waals surface area contributed by atoms with Gasteiger partial charge in [-0.2, -0.15) is 0 Å². The zero-order chi connectivity index (χ0) is 2.71. The molecule has 0 bridgehead atoms. The summed E-state index contributed by atoms with van der Waals surface area (Å²) in [5.74, 6) is 0. The van der Waals surface area contributed by atoms with Gasteiger partial charge in [-0.25, -0.2) is 4.57 Å². The third-order valence-corrected chi connectivity index (χ3v) is 0. The van der Waals surface area contributed by atoms with Crippen molar-refractivity contribution in [2.24, 2.45) is 0 Å². The molecule has 34 valence electrons. The monoisotopic (exact) mass is 158 g/mol. The van der Waals surface area contributed by atoms with Gasteiger partial charge in [-0.05, 0) is 0 Å². The number of hydrogen-bond acceptors (Lipinski definition) is 1. The van der Waals surface area contributed by atoms with Crippen molar-refractivity contribution in [3.8, 4) is 0 Å². The summed E-state index contributed by atoms with van der Waals surface area (Å²) in [4.78, 5) is 6.99. The summed E-state index contributed by atoms with van der Waals surface area (Å²) in [6.45, 7) is 0. The molecule has 0 unspecified atom stereocenters. The predicted octanol–water partition coefficient (Wildman–Crippen LogP) is 1.08. The van der Waals surface area contributed by atoms with Crippen LogP contribution in [0.25, 0.3) is 0 Å². The molecule has 0 amide bonds. The van der Waals surface area contributed by atoms with Crippen molar-refractivity contribution in [2.75, 3.05) is 0 Å². The molecular formula is C2H7O2PZn. The minimum Gasteiger partial charge on any atom is -0.358 e. The zero-order valence-electron chi connectivity index (χ0n) is 4.01. The Morgan fingerprint density at radius 1 is 1.33 bits per heavy atom. The summed E-state index contributed by atoms with van der Waals surface area (Å²) in [5, 5.41) is 0. The molecule has 0 rings (SSSR count). The summed E-state index contributed by atoms with van der Waals surface area (Å²) in [5.41, 5.74) is 0. The van der Waals surface area contributed by atoms with Gasteiger partial charge in [0.15, 0.2) is 0 Å². The second-order valence-corrected chi connectivity index (χ2v) is 0.245. The molecule has 0 aliphatic heterocycles. The maximum atomic E-state index is 8.46. The van der Waals surface area contributed by atoms with Crippen LogP contribution in [0, 0.1) is 14.9 Å². The topological polar surface area (TPSA) is 37.3 Å². The Hall–Kier alpha value is 0.683. The molecule has 6 heavy (non-hydrogen) atoms. The smallest absolute Gasteiger partial charge is 0.358 e. The molecule has 0 saturated heterocycles. The SMILES string of the molecule is O=PO.[CH3-].[CH3-].[Zn+2]. The zero-order valence-corrected chi connectivity index (χ0v) is 7.87. The van der Waals surface area contributed by atoms with E-state index in [0.717, 1.165) is 0 Å². The quantitative estimate of drug-likeness (QED) is 0.326. The standard InChI is InChI=1S/2CH3.HO2P.Zn/c;;1-3-2;/h2*1H3;(H,1,2);/q2*-1;;+2. The third-order valence-electron chi connectivity index (χ3n) is 0. The van der Waals surface area contributed by atoms with Gasteiger partial charge in [-0.3, -0.25) is 0 Å². The fourth-order valence-electron chi connectivity index (χ4n) is 0. The van der Waals surface area contributed by atoms with E-state index in [9.17, 15) is 0 Å². The Morgan fingerprint density at radius 3 is 1.33 bits per heavy atom. The predicted molar refractivity (Wildman–Crippen MR) is 22.7 cm³/mol. The molecule has 0 fully saturated rings. The first kappa shape index (κ1) is 30.0. The van der Waals surface area contributed by atoms with Crippen LogP contribution in [0.5, 0.6) is 0 Å². The van der Waals surface area contributed by atoms with Crippen molar-refractivity contribution >= 4 is 8.69 Å². The van der Waals surface area contributed by atoms with Crippen LogP contribution < -0.4 is 0 Å². The van der Waals surface area contributed by atoms with Gasteiger partial charge in [-0.1, -0.05) is 0 Å². The number of rotatable bonds is 0. The summed E-state index contributed by atoms with van der Waals surface area (Å²) in [6.07, 6.45) is 0. The second-order valence-electron chi connectivity index (χ2n) is 0.0816. The van der Waals surface area contributed by atoms with E-state index in [4.69, 9.17) is 9.46 Å². The average Bonchev–Trinajstić information content (AvgIpc) is 0.918. The van der Waals surface area contributed by atoms with Crippen molar-refractivity contribution < 1.29 is 28.9 Å². The first-order valence-corrected chi connectivity index (χ1v) is 1.15. The van der Waals surface area contributed by atoms with Crippen molar-refractivity contribution in [1.82, 2.24) is 0 Å². The maximum absolute atomic E-state index is 8.46. The van der Waals surface area contributed by atoms with Gasteiger partial charge in [-0.15, -0.1) is 0 Å². The van der Waals surface area contributed by atoms with Crippen LogP contribution in [0.15, 0.2) is 0 Å². The average molecular weight is 159 g/mol. The van der Waals surface area contributed by atoms with Gasteiger partial charge in [0.25, 0.3) is 0 Å². The van der Waals surface area contributed by atoms with Crippen molar-refractivity contribution in [2.45, 2.75) is 0 Å². The molecule has 0 saturated carbocycles. The van der Waals surface area contributed by atoms with Crippen molar-refractivity contribution in [3.63, 3.8) is 0 Å². The van der Waals surface area contributed by atoms with Crippen LogP contribution in [-0.4, -0.2) is 4.89 Å². The molecule has 4 heteroatoms. The van der Waals surface area contributed by atoms with Gasteiger partial charge >= 0.3 is 28.2 Å². The van der Waals surface area contributed by atoms with Crippen LogP contribution >= 0.6 is 8.69 Å². The summed E-state index contributed by atoms with van der Waals surface area (Å²) >= 11 is 0. The molecule has 0 aromatic carbocycles. The fourth-order valence-corrected chi connectivity index (χ4v) is 0. The van der Waals surface area contributed by atoms with Gasteiger partial charge in [0.1, 0.15) is 0 Å². The van der Waals surface area contributed by atoms with Crippen LogP contribution in [-0.2, 0) is 24.0 Å². The fraction of sp³-hybridized carbons (Fsp3) is 0. The van der Waals surface area contributed by atoms with E-state index >= 15 is 0 Å². The first-order valence-electron chi connectivity index (χ1n) is 0.383. The maximum Gasteiger partial charge on any atom is 2.00 e. The molecule has 0 aliphatic carbocycles. The minimum absolute atomic E-state index is 0. The van der Waals surface area contributed by atoms with Gasteiger partial charge in [0.2, 0.25) is 0 Å². The van der Waals surface area contributed by atoms with Crippen LogP contribution in [0.2, 0.25) is 0 Å². The minimum atomic E-state index is -0.833. The molecule has 0 aromatic heterocycles. The Bertz CT molecular complexity index is 19.0. The molecule has 2 nitrogen and oxygen atoms in total. The normalized spacial score (nSPS) is 3.50. The second kappa shape index (κ2) is 44.0. The van der Waals surface area contributed by atoms with Crippen LogP contribution in [0.1, 0.15) is 0 Å². The van der Waals surface area contributed by atoms with Gasteiger partial charge in [0, 0.05) is 0 Å². The molecule has 0 atom stereocenters. The van der Waals surface area contributed by atoms with E-state index in [0.29, 0.717) is 0 Å². The molecule has 0 aromatic rings. The van der Waals surface area contributed by atoms with E-state index < -0.39 is 8.69 Å². The van der Waals surface area contributed by atoms with E-state index in [1.165, 1.54) is 0 Å². The largest absolute Gasteiger partial charge is 2.00 e. The Kier molecular flexibility index (Phi) is 220. The van der Waals surface area contributed by atoms with E-state index in [1.54, 1.807) is 0 Å².